The van der Waals surface area contributed by atoms with Crippen LogP contribution in [-0.2, 0) is 4.79 Å². The van der Waals surface area contributed by atoms with Gasteiger partial charge in [0.1, 0.15) is 17.8 Å². The molecule has 1 fully saturated rings. The van der Waals surface area contributed by atoms with Crippen molar-refractivity contribution >= 4 is 17.5 Å². The number of furan rings is 1. The van der Waals surface area contributed by atoms with Crippen molar-refractivity contribution in [2.24, 2.45) is 5.92 Å². The van der Waals surface area contributed by atoms with Crippen LogP contribution in [0.25, 0.3) is 0 Å². The van der Waals surface area contributed by atoms with E-state index >= 15 is 0 Å². The lowest BCUT2D eigenvalue weighted by molar-refractivity contribution is -0.121. The van der Waals surface area contributed by atoms with Gasteiger partial charge in [-0.1, -0.05) is 0 Å². The lowest BCUT2D eigenvalue weighted by Crippen LogP contribution is -2.43. The fourth-order valence-electron chi connectivity index (χ4n) is 2.95. The summed E-state index contributed by atoms with van der Waals surface area (Å²) in [7, 11) is 1.41. The molecule has 0 bridgehead atoms. The van der Waals surface area contributed by atoms with Crippen LogP contribution in [0.5, 0.6) is 5.75 Å². The van der Waals surface area contributed by atoms with Gasteiger partial charge in [0.25, 0.3) is 5.91 Å². The Balaban J connectivity index is 1.67. The van der Waals surface area contributed by atoms with Crippen molar-refractivity contribution in [3.63, 3.8) is 0 Å². The smallest absolute Gasteiger partial charge is 0.257 e. The van der Waals surface area contributed by atoms with Crippen molar-refractivity contribution in [2.75, 3.05) is 25.5 Å². The predicted molar refractivity (Wildman–Crippen MR) is 88.9 cm³/mol. The van der Waals surface area contributed by atoms with Crippen molar-refractivity contribution in [1.29, 1.82) is 0 Å². The van der Waals surface area contributed by atoms with Crippen LogP contribution < -0.4 is 10.1 Å². The highest BCUT2D eigenvalue weighted by molar-refractivity contribution is 5.96. The number of rotatable bonds is 4. The fourth-order valence-corrected chi connectivity index (χ4v) is 2.95. The van der Waals surface area contributed by atoms with Gasteiger partial charge in [-0.15, -0.1) is 0 Å². The number of ether oxygens (including phenoxy) is 1. The Labute approximate surface area is 144 Å². The minimum Gasteiger partial charge on any atom is -0.494 e. The quantitative estimate of drug-likeness (QED) is 0.924. The van der Waals surface area contributed by atoms with Crippen LogP contribution in [0.4, 0.5) is 10.1 Å². The number of hydrogen-bond acceptors (Lipinski definition) is 4. The molecule has 1 saturated heterocycles. The fraction of sp³-hybridized carbons (Fsp3) is 0.333. The molecule has 1 aromatic carbocycles. The normalized spacial score (nSPS) is 17.2. The molecule has 132 valence electrons. The van der Waals surface area contributed by atoms with Crippen LogP contribution in [0, 0.1) is 11.7 Å². The Bertz CT molecular complexity index is 760. The molecule has 3 rings (SSSR count). The van der Waals surface area contributed by atoms with E-state index in [-0.39, 0.29) is 23.5 Å². The number of carbonyl (C=O) groups excluding carboxylic acids is 2. The van der Waals surface area contributed by atoms with E-state index in [0.29, 0.717) is 30.8 Å². The van der Waals surface area contributed by atoms with Gasteiger partial charge in [-0.2, -0.15) is 0 Å². The van der Waals surface area contributed by atoms with E-state index in [0.717, 1.165) is 6.42 Å². The number of benzene rings is 1. The van der Waals surface area contributed by atoms with Gasteiger partial charge in [0, 0.05) is 19.2 Å². The van der Waals surface area contributed by atoms with Crippen molar-refractivity contribution in [3.8, 4) is 5.75 Å². The Morgan fingerprint density at radius 3 is 2.92 bits per heavy atom. The summed E-state index contributed by atoms with van der Waals surface area (Å²) in [6.45, 7) is 0.938. The average Bonchev–Trinajstić information content (AvgIpc) is 3.17. The van der Waals surface area contributed by atoms with Gasteiger partial charge in [-0.3, -0.25) is 9.59 Å². The van der Waals surface area contributed by atoms with E-state index in [1.54, 1.807) is 11.0 Å². The van der Waals surface area contributed by atoms with E-state index in [4.69, 9.17) is 9.15 Å². The summed E-state index contributed by atoms with van der Waals surface area (Å²) in [4.78, 5) is 26.6. The Kier molecular flexibility index (Phi) is 5.02. The number of halogens is 1. The summed E-state index contributed by atoms with van der Waals surface area (Å²) in [5.41, 5.74) is 0.883. The van der Waals surface area contributed by atoms with Crippen LogP contribution in [0.15, 0.2) is 41.2 Å². The van der Waals surface area contributed by atoms with Crippen LogP contribution in [0.2, 0.25) is 0 Å². The largest absolute Gasteiger partial charge is 0.494 e. The molecule has 7 heteroatoms. The zero-order chi connectivity index (χ0) is 17.8. The maximum Gasteiger partial charge on any atom is 0.257 e. The molecule has 2 amide bonds. The highest BCUT2D eigenvalue weighted by Crippen LogP contribution is 2.27. The van der Waals surface area contributed by atoms with Gasteiger partial charge >= 0.3 is 0 Å². The van der Waals surface area contributed by atoms with Gasteiger partial charge in [-0.05, 0) is 31.0 Å². The van der Waals surface area contributed by atoms with Gasteiger partial charge in [0.2, 0.25) is 5.91 Å². The first-order valence-corrected chi connectivity index (χ1v) is 8.04. The lowest BCUT2D eigenvalue weighted by Gasteiger charge is -2.31. The van der Waals surface area contributed by atoms with Crippen LogP contribution in [-0.4, -0.2) is 36.9 Å². The standard InChI is InChI=1S/C18H19FN2O4/c1-24-16-9-14(19)4-5-15(16)20-17(22)12-3-2-7-21(10-12)18(23)13-6-8-25-11-13/h4-6,8-9,11-12H,2-3,7,10H2,1H3,(H,20,22)/t12-/m1/s1. The molecule has 0 spiro atoms. The maximum atomic E-state index is 13.3. The first-order chi connectivity index (χ1) is 12.1. The maximum absolute atomic E-state index is 13.3. The molecule has 25 heavy (non-hydrogen) atoms. The zero-order valence-electron chi connectivity index (χ0n) is 13.8. The van der Waals surface area contributed by atoms with E-state index in [2.05, 4.69) is 5.32 Å². The number of anilines is 1. The van der Waals surface area contributed by atoms with Crippen LogP contribution in [0.3, 0.4) is 0 Å². The second kappa shape index (κ2) is 7.38. The summed E-state index contributed by atoms with van der Waals surface area (Å²) in [5, 5.41) is 2.77. The topological polar surface area (TPSA) is 71.8 Å². The summed E-state index contributed by atoms with van der Waals surface area (Å²) in [6.07, 6.45) is 4.27. The van der Waals surface area contributed by atoms with Gasteiger partial charge in [0.05, 0.1) is 30.5 Å². The summed E-state index contributed by atoms with van der Waals surface area (Å²) < 4.78 is 23.3. The monoisotopic (exact) mass is 346 g/mol. The third kappa shape index (κ3) is 3.81. The molecule has 0 saturated carbocycles. The minimum absolute atomic E-state index is 0.148. The molecular formula is C18H19FN2O4. The molecule has 2 heterocycles. The van der Waals surface area contributed by atoms with Gasteiger partial charge in [0.15, 0.2) is 0 Å². The highest BCUT2D eigenvalue weighted by Gasteiger charge is 2.29. The number of hydrogen-bond donors (Lipinski definition) is 1. The van der Waals surface area contributed by atoms with E-state index < -0.39 is 5.82 Å². The average molecular weight is 346 g/mol. The number of nitrogens with one attached hydrogen (secondary N) is 1. The first-order valence-electron chi connectivity index (χ1n) is 8.04. The molecule has 1 N–H and O–H groups in total. The van der Waals surface area contributed by atoms with Crippen molar-refractivity contribution in [2.45, 2.75) is 12.8 Å². The Hall–Kier alpha value is -2.83. The SMILES string of the molecule is COc1cc(F)ccc1NC(=O)[C@@H]1CCCN(C(=O)c2ccoc2)C1. The van der Waals surface area contributed by atoms with Crippen molar-refractivity contribution in [1.82, 2.24) is 4.90 Å². The van der Waals surface area contributed by atoms with Crippen molar-refractivity contribution in [3.05, 3.63) is 48.2 Å². The minimum atomic E-state index is -0.440. The number of amides is 2. The molecule has 0 aliphatic carbocycles. The Morgan fingerprint density at radius 1 is 1.36 bits per heavy atom. The van der Waals surface area contributed by atoms with E-state index in [1.807, 2.05) is 0 Å². The number of carbonyl (C=O) groups is 2. The van der Waals surface area contributed by atoms with Crippen LogP contribution in [0.1, 0.15) is 23.2 Å². The molecule has 2 aromatic rings. The van der Waals surface area contributed by atoms with Gasteiger partial charge in [-0.25, -0.2) is 4.39 Å². The first kappa shape index (κ1) is 17.0. The highest BCUT2D eigenvalue weighted by atomic mass is 19.1. The molecule has 1 aliphatic rings. The lowest BCUT2D eigenvalue weighted by atomic mass is 9.96. The molecule has 6 nitrogen and oxygen atoms in total. The zero-order valence-corrected chi connectivity index (χ0v) is 13.8. The molecule has 1 atom stereocenters. The molecular weight excluding hydrogens is 327 g/mol. The van der Waals surface area contributed by atoms with Crippen LogP contribution >= 0.6 is 0 Å². The second-order valence-electron chi connectivity index (χ2n) is 5.94. The molecule has 1 aromatic heterocycles. The van der Waals surface area contributed by atoms with Crippen molar-refractivity contribution < 1.29 is 23.1 Å². The molecule has 0 radical (unpaired) electrons. The summed E-state index contributed by atoms with van der Waals surface area (Å²) in [6, 6.07) is 5.54. The third-order valence-corrected chi connectivity index (χ3v) is 4.27. The second-order valence-corrected chi connectivity index (χ2v) is 5.94. The van der Waals surface area contributed by atoms with E-state index in [9.17, 15) is 14.0 Å². The number of nitrogens with zero attached hydrogens (tertiary/aromatic N) is 1. The molecule has 0 unspecified atom stereocenters. The Morgan fingerprint density at radius 2 is 2.20 bits per heavy atom. The summed E-state index contributed by atoms with van der Waals surface area (Å²) >= 11 is 0. The number of piperidine rings is 1. The van der Waals surface area contributed by atoms with E-state index in [1.165, 1.54) is 37.8 Å². The number of methoxy groups -OCH3 is 1. The van der Waals surface area contributed by atoms with Gasteiger partial charge < -0.3 is 19.4 Å². The molecule has 1 aliphatic heterocycles. The third-order valence-electron chi connectivity index (χ3n) is 4.27. The predicted octanol–water partition coefficient (Wildman–Crippen LogP) is 2.92. The summed E-state index contributed by atoms with van der Waals surface area (Å²) in [5.74, 6) is -0.875. The number of likely N-dealkylation sites (tertiary alicyclic amines) is 1.